The highest BCUT2D eigenvalue weighted by Gasteiger charge is 2.40. The Kier molecular flexibility index (Phi) is 4.34. The Labute approximate surface area is 124 Å². The van der Waals surface area contributed by atoms with Crippen LogP contribution < -0.4 is 5.32 Å². The molecule has 0 spiro atoms. The van der Waals surface area contributed by atoms with Crippen molar-refractivity contribution in [3.8, 4) is 0 Å². The van der Waals surface area contributed by atoms with Gasteiger partial charge in [0.2, 0.25) is 11.0 Å². The van der Waals surface area contributed by atoms with Crippen molar-refractivity contribution in [1.82, 2.24) is 10.2 Å². The first-order valence-corrected chi connectivity index (χ1v) is 8.68. The third-order valence-corrected chi connectivity index (χ3v) is 5.69. The summed E-state index contributed by atoms with van der Waals surface area (Å²) in [6.45, 7) is 2.17. The van der Waals surface area contributed by atoms with E-state index < -0.39 is 0 Å². The van der Waals surface area contributed by atoms with Gasteiger partial charge in [-0.25, -0.2) is 0 Å². The number of carbonyl (C=O) groups excluding carboxylic acids is 1. The molecule has 3 rings (SSSR count). The number of rotatable bonds is 6. The van der Waals surface area contributed by atoms with Crippen molar-refractivity contribution in [1.29, 1.82) is 0 Å². The standard InChI is InChI=1S/C15H23N3OS/c1-2-3-4-14-17-18-15(20-14)16-13(19)9-12-8-10-5-6-11(12)7-10/h10-12H,2-9H2,1H3,(H,16,18,19). The maximum atomic E-state index is 12.1. The van der Waals surface area contributed by atoms with Gasteiger partial charge in [0, 0.05) is 12.8 Å². The Morgan fingerprint density at radius 3 is 2.95 bits per heavy atom. The van der Waals surface area contributed by atoms with Crippen LogP contribution in [-0.4, -0.2) is 16.1 Å². The number of fused-ring (bicyclic) bond motifs is 2. The van der Waals surface area contributed by atoms with Crippen LogP contribution in [0, 0.1) is 17.8 Å². The molecule has 2 saturated carbocycles. The second-order valence-electron chi connectivity index (χ2n) is 6.29. The molecule has 2 fully saturated rings. The molecule has 1 heterocycles. The maximum Gasteiger partial charge on any atom is 0.226 e. The molecular formula is C15H23N3OS. The fourth-order valence-corrected chi connectivity index (χ4v) is 4.57. The van der Waals surface area contributed by atoms with Gasteiger partial charge in [-0.05, 0) is 43.4 Å². The summed E-state index contributed by atoms with van der Waals surface area (Å²) in [5.41, 5.74) is 0. The Morgan fingerprint density at radius 2 is 2.25 bits per heavy atom. The smallest absolute Gasteiger partial charge is 0.226 e. The van der Waals surface area contributed by atoms with Crippen LogP contribution in [0.1, 0.15) is 56.9 Å². The van der Waals surface area contributed by atoms with Crippen LogP contribution in [0.5, 0.6) is 0 Å². The van der Waals surface area contributed by atoms with Gasteiger partial charge in [-0.15, -0.1) is 10.2 Å². The molecule has 3 unspecified atom stereocenters. The van der Waals surface area contributed by atoms with Crippen molar-refractivity contribution < 1.29 is 4.79 Å². The Hall–Kier alpha value is -0.970. The van der Waals surface area contributed by atoms with Crippen LogP contribution in [0.4, 0.5) is 5.13 Å². The van der Waals surface area contributed by atoms with E-state index in [-0.39, 0.29) is 5.91 Å². The number of hydrogen-bond donors (Lipinski definition) is 1. The first kappa shape index (κ1) is 14.0. The molecule has 2 bridgehead atoms. The minimum Gasteiger partial charge on any atom is -0.301 e. The fraction of sp³-hybridized carbons (Fsp3) is 0.800. The first-order valence-electron chi connectivity index (χ1n) is 7.86. The second-order valence-corrected chi connectivity index (χ2v) is 7.35. The normalized spacial score (nSPS) is 27.9. The summed E-state index contributed by atoms with van der Waals surface area (Å²) in [7, 11) is 0. The molecule has 1 N–H and O–H groups in total. The van der Waals surface area contributed by atoms with E-state index in [2.05, 4.69) is 22.4 Å². The average molecular weight is 293 g/mol. The summed E-state index contributed by atoms with van der Waals surface area (Å²) in [4.78, 5) is 12.1. The predicted molar refractivity (Wildman–Crippen MR) is 80.7 cm³/mol. The number of carbonyl (C=O) groups is 1. The van der Waals surface area contributed by atoms with Gasteiger partial charge in [-0.1, -0.05) is 31.1 Å². The average Bonchev–Trinajstić information content (AvgIpc) is 3.12. The highest BCUT2D eigenvalue weighted by molar-refractivity contribution is 7.15. The van der Waals surface area contributed by atoms with Crippen LogP contribution in [0.15, 0.2) is 0 Å². The minimum atomic E-state index is 0.126. The van der Waals surface area contributed by atoms with Crippen molar-refractivity contribution in [2.45, 2.75) is 58.3 Å². The van der Waals surface area contributed by atoms with Gasteiger partial charge in [-0.3, -0.25) is 4.79 Å². The third-order valence-electron chi connectivity index (χ3n) is 4.79. The quantitative estimate of drug-likeness (QED) is 0.871. The highest BCUT2D eigenvalue weighted by Crippen LogP contribution is 2.49. The van der Waals surface area contributed by atoms with Crippen LogP contribution in [0.2, 0.25) is 0 Å². The number of hydrogen-bond acceptors (Lipinski definition) is 4. The largest absolute Gasteiger partial charge is 0.301 e. The monoisotopic (exact) mass is 293 g/mol. The van der Waals surface area contributed by atoms with Gasteiger partial charge in [0.1, 0.15) is 5.01 Å². The number of nitrogens with zero attached hydrogens (tertiary/aromatic N) is 2. The third kappa shape index (κ3) is 3.19. The van der Waals surface area contributed by atoms with Crippen LogP contribution in [0.25, 0.3) is 0 Å². The SMILES string of the molecule is CCCCc1nnc(NC(=O)CC2CC3CCC2C3)s1. The molecule has 2 aliphatic rings. The Bertz CT molecular complexity index is 473. The van der Waals surface area contributed by atoms with Crippen molar-refractivity contribution in [3.05, 3.63) is 5.01 Å². The molecule has 1 amide bonds. The van der Waals surface area contributed by atoms with E-state index in [0.29, 0.717) is 17.5 Å². The molecule has 2 aliphatic carbocycles. The molecule has 110 valence electrons. The topological polar surface area (TPSA) is 54.9 Å². The van der Waals surface area contributed by atoms with Gasteiger partial charge >= 0.3 is 0 Å². The lowest BCUT2D eigenvalue weighted by Gasteiger charge is -2.20. The van der Waals surface area contributed by atoms with Crippen LogP contribution >= 0.6 is 11.3 Å². The predicted octanol–water partition coefficient (Wildman–Crippen LogP) is 3.65. The summed E-state index contributed by atoms with van der Waals surface area (Å²) < 4.78 is 0. The zero-order chi connectivity index (χ0) is 13.9. The maximum absolute atomic E-state index is 12.1. The number of aromatic nitrogens is 2. The molecule has 1 aromatic heterocycles. The van der Waals surface area contributed by atoms with E-state index in [9.17, 15) is 4.79 Å². The zero-order valence-electron chi connectivity index (χ0n) is 12.1. The molecule has 1 aromatic rings. The molecule has 3 atom stereocenters. The van der Waals surface area contributed by atoms with Gasteiger partial charge in [-0.2, -0.15) is 0 Å². The number of aryl methyl sites for hydroxylation is 1. The fourth-order valence-electron chi connectivity index (χ4n) is 3.77. The lowest BCUT2D eigenvalue weighted by Crippen LogP contribution is -2.20. The van der Waals surface area contributed by atoms with E-state index in [4.69, 9.17) is 0 Å². The van der Waals surface area contributed by atoms with Crippen LogP contribution in [0.3, 0.4) is 0 Å². The summed E-state index contributed by atoms with van der Waals surface area (Å²) in [5, 5.41) is 12.8. The number of anilines is 1. The molecule has 20 heavy (non-hydrogen) atoms. The lowest BCUT2D eigenvalue weighted by molar-refractivity contribution is -0.117. The number of nitrogens with one attached hydrogen (secondary N) is 1. The first-order chi connectivity index (χ1) is 9.74. The van der Waals surface area contributed by atoms with Gasteiger partial charge in [0.25, 0.3) is 0 Å². The Balaban J connectivity index is 1.47. The zero-order valence-corrected chi connectivity index (χ0v) is 12.9. The molecule has 4 nitrogen and oxygen atoms in total. The molecule has 0 radical (unpaired) electrons. The van der Waals surface area contributed by atoms with E-state index in [1.807, 2.05) is 0 Å². The number of unbranched alkanes of at least 4 members (excludes halogenated alkanes) is 1. The van der Waals surface area contributed by atoms with E-state index in [1.165, 1.54) is 37.0 Å². The van der Waals surface area contributed by atoms with Gasteiger partial charge < -0.3 is 5.32 Å². The summed E-state index contributed by atoms with van der Waals surface area (Å²) in [6, 6.07) is 0. The molecule has 0 saturated heterocycles. The molecule has 5 heteroatoms. The second kappa shape index (κ2) is 6.20. The summed E-state index contributed by atoms with van der Waals surface area (Å²) >= 11 is 1.52. The van der Waals surface area contributed by atoms with Crippen molar-refractivity contribution >= 4 is 22.4 Å². The van der Waals surface area contributed by atoms with Crippen molar-refractivity contribution in [2.24, 2.45) is 17.8 Å². The Morgan fingerprint density at radius 1 is 1.35 bits per heavy atom. The van der Waals surface area contributed by atoms with E-state index >= 15 is 0 Å². The minimum absolute atomic E-state index is 0.126. The highest BCUT2D eigenvalue weighted by atomic mass is 32.1. The van der Waals surface area contributed by atoms with E-state index in [1.54, 1.807) is 0 Å². The van der Waals surface area contributed by atoms with Crippen molar-refractivity contribution in [2.75, 3.05) is 5.32 Å². The van der Waals surface area contributed by atoms with Gasteiger partial charge in [0.05, 0.1) is 0 Å². The summed E-state index contributed by atoms with van der Waals surface area (Å²) in [6.07, 6.45) is 9.27. The summed E-state index contributed by atoms with van der Waals surface area (Å²) in [5.74, 6) is 2.45. The molecule has 0 aromatic carbocycles. The lowest BCUT2D eigenvalue weighted by atomic mass is 9.86. The number of amides is 1. The molecular weight excluding hydrogens is 270 g/mol. The van der Waals surface area contributed by atoms with E-state index in [0.717, 1.165) is 36.1 Å². The van der Waals surface area contributed by atoms with Crippen LogP contribution in [-0.2, 0) is 11.2 Å². The molecule has 0 aliphatic heterocycles. The van der Waals surface area contributed by atoms with Crippen molar-refractivity contribution in [3.63, 3.8) is 0 Å². The van der Waals surface area contributed by atoms with Gasteiger partial charge in [0.15, 0.2) is 0 Å².